The van der Waals surface area contributed by atoms with Gasteiger partial charge in [-0.25, -0.2) is 4.89 Å². The fourth-order valence-corrected chi connectivity index (χ4v) is 6.32. The molecule has 4 amide bonds. The van der Waals surface area contributed by atoms with E-state index < -0.39 is 12.3 Å². The molecule has 0 aliphatic heterocycles. The smallest absolute Gasteiger partial charge is 0.317 e. The molecule has 0 heterocycles. The number of rotatable bonds is 28. The zero-order valence-electron chi connectivity index (χ0n) is 37.6. The van der Waals surface area contributed by atoms with E-state index in [0.717, 1.165) is 30.5 Å². The second-order valence-corrected chi connectivity index (χ2v) is 14.9. The van der Waals surface area contributed by atoms with Gasteiger partial charge < -0.3 is 10.1 Å². The van der Waals surface area contributed by atoms with Gasteiger partial charge in [0.15, 0.2) is 0 Å². The average molecular weight is 892 g/mol. The van der Waals surface area contributed by atoms with Crippen LogP contribution in [0, 0.1) is 6.92 Å². The molecule has 0 spiro atoms. The molecule has 0 saturated carbocycles. The Hall–Kier alpha value is -6.26. The number of hydrogen-bond donors (Lipinski definition) is 8. The molecule has 16 heteroatoms. The van der Waals surface area contributed by atoms with Crippen LogP contribution in [0.4, 0.5) is 31.5 Å². The van der Waals surface area contributed by atoms with Gasteiger partial charge in [-0.15, -0.1) is 0 Å². The van der Waals surface area contributed by atoms with Crippen LogP contribution in [0.5, 0.6) is 5.75 Å². The standard InChI is InChI=1S/C23H31N3O3.C16H26N2O.C9H10F2N2O3/c1-3-4-5-6-7-8-9-18-10-15-22(29-2)21(16-18)23(28)25-19-11-13-20(14-12-19)26-24-17-27;1-3-4-5-6-7-8-9-15-12-16(18-17-13-19)11-10-14(15)2;10-8(11)9(14)13-12-7-3-1-6(2-4-7)5-16-15/h10-17,26H,3-9H2,1-2H3,(H,24,27)(H,25,28);10-13,18H,3-9H2,1-2H3,(H,17,19);1-4,8,12,15H,5H2,(H,13,14). The number of methoxy groups -OCH3 is 1. The molecule has 0 saturated heterocycles. The molecule has 350 valence electrons. The number of anilines is 4. The maximum absolute atomic E-state index is 12.8. The Bertz CT molecular complexity index is 1920. The topological polar surface area (TPSA) is 191 Å². The van der Waals surface area contributed by atoms with E-state index in [1.54, 1.807) is 55.6 Å². The van der Waals surface area contributed by atoms with Crippen LogP contribution >= 0.6 is 0 Å². The van der Waals surface area contributed by atoms with Crippen LogP contribution < -0.4 is 42.6 Å². The zero-order chi connectivity index (χ0) is 46.8. The minimum Gasteiger partial charge on any atom is -0.496 e. The average Bonchev–Trinajstić information content (AvgIpc) is 3.31. The van der Waals surface area contributed by atoms with E-state index in [0.29, 0.717) is 46.8 Å². The lowest BCUT2D eigenvalue weighted by Gasteiger charge is -2.12. The van der Waals surface area contributed by atoms with Crippen molar-refractivity contribution in [3.05, 3.63) is 113 Å². The summed E-state index contributed by atoms with van der Waals surface area (Å²) in [5, 5.41) is 11.1. The van der Waals surface area contributed by atoms with Crippen LogP contribution in [-0.2, 0) is 38.7 Å². The maximum Gasteiger partial charge on any atom is 0.317 e. The molecule has 0 aromatic heterocycles. The van der Waals surface area contributed by atoms with Gasteiger partial charge in [0.25, 0.3) is 5.91 Å². The summed E-state index contributed by atoms with van der Waals surface area (Å²) in [6.45, 7) is 6.64. The van der Waals surface area contributed by atoms with Crippen molar-refractivity contribution in [2.24, 2.45) is 0 Å². The Morgan fingerprint density at radius 3 is 1.73 bits per heavy atom. The normalized spacial score (nSPS) is 10.2. The van der Waals surface area contributed by atoms with Crippen LogP contribution in [0.15, 0.2) is 84.9 Å². The van der Waals surface area contributed by atoms with Gasteiger partial charge in [0.1, 0.15) is 12.4 Å². The maximum atomic E-state index is 12.8. The van der Waals surface area contributed by atoms with Gasteiger partial charge in [-0.2, -0.15) is 8.78 Å². The van der Waals surface area contributed by atoms with Crippen LogP contribution in [0.3, 0.4) is 0 Å². The Morgan fingerprint density at radius 1 is 0.641 bits per heavy atom. The first-order valence-corrected chi connectivity index (χ1v) is 21.9. The first-order valence-electron chi connectivity index (χ1n) is 21.9. The highest BCUT2D eigenvalue weighted by Gasteiger charge is 2.15. The molecule has 4 aromatic carbocycles. The molecule has 8 N–H and O–H groups in total. The van der Waals surface area contributed by atoms with E-state index in [9.17, 15) is 28.0 Å². The molecular weight excluding hydrogens is 825 g/mol. The Morgan fingerprint density at radius 2 is 1.16 bits per heavy atom. The van der Waals surface area contributed by atoms with E-state index in [4.69, 9.17) is 9.99 Å². The number of ether oxygens (including phenoxy) is 1. The van der Waals surface area contributed by atoms with E-state index in [1.807, 2.05) is 29.7 Å². The molecular formula is C48H67F2N7O7. The Labute approximate surface area is 376 Å². The molecule has 0 aliphatic rings. The molecule has 4 rings (SSSR count). The highest BCUT2D eigenvalue weighted by molar-refractivity contribution is 6.06. The first kappa shape index (κ1) is 53.9. The second kappa shape index (κ2) is 33.3. The van der Waals surface area contributed by atoms with Gasteiger partial charge in [0.2, 0.25) is 12.8 Å². The predicted molar refractivity (Wildman–Crippen MR) is 250 cm³/mol. The number of aryl methyl sites for hydroxylation is 3. The molecule has 0 radical (unpaired) electrons. The van der Waals surface area contributed by atoms with Crippen molar-refractivity contribution in [2.75, 3.05) is 28.7 Å². The van der Waals surface area contributed by atoms with Crippen molar-refractivity contribution in [1.82, 2.24) is 16.3 Å². The lowest BCUT2D eigenvalue weighted by Crippen LogP contribution is -2.34. The molecule has 0 fully saturated rings. The number of nitrogens with one attached hydrogen (secondary N) is 7. The highest BCUT2D eigenvalue weighted by Crippen LogP contribution is 2.24. The van der Waals surface area contributed by atoms with Gasteiger partial charge in [0.05, 0.1) is 29.7 Å². The molecule has 4 aromatic rings. The molecule has 0 aliphatic carbocycles. The molecule has 0 unspecified atom stereocenters. The van der Waals surface area contributed by atoms with Crippen LogP contribution in [0.1, 0.15) is 124 Å². The fraction of sp³-hybridized carbons (Fsp3) is 0.417. The van der Waals surface area contributed by atoms with E-state index in [-0.39, 0.29) is 12.5 Å². The van der Waals surface area contributed by atoms with Crippen molar-refractivity contribution < 1.29 is 42.8 Å². The third-order valence-electron chi connectivity index (χ3n) is 9.88. The van der Waals surface area contributed by atoms with Crippen LogP contribution in [-0.4, -0.2) is 43.4 Å². The zero-order valence-corrected chi connectivity index (χ0v) is 37.6. The van der Waals surface area contributed by atoms with Gasteiger partial charge in [0, 0.05) is 5.69 Å². The van der Waals surface area contributed by atoms with E-state index in [1.165, 1.54) is 81.8 Å². The van der Waals surface area contributed by atoms with E-state index in [2.05, 4.69) is 70.2 Å². The number of alkyl halides is 2. The predicted octanol–water partition coefficient (Wildman–Crippen LogP) is 10.3. The van der Waals surface area contributed by atoms with Gasteiger partial charge in [-0.05, 0) is 116 Å². The van der Waals surface area contributed by atoms with Gasteiger partial charge in [-0.1, -0.05) is 102 Å². The number of carbonyl (C=O) groups is 4. The summed E-state index contributed by atoms with van der Waals surface area (Å²) >= 11 is 0. The number of hydrogen-bond acceptors (Lipinski definition) is 10. The van der Waals surface area contributed by atoms with Crippen LogP contribution in [0.25, 0.3) is 0 Å². The third-order valence-corrected chi connectivity index (χ3v) is 9.88. The number of carbonyl (C=O) groups excluding carboxylic acids is 4. The summed E-state index contributed by atoms with van der Waals surface area (Å²) in [5.41, 5.74) is 22.4. The number of benzene rings is 4. The van der Waals surface area contributed by atoms with Crippen molar-refractivity contribution in [2.45, 2.75) is 124 Å². The largest absolute Gasteiger partial charge is 0.496 e. The van der Waals surface area contributed by atoms with Crippen molar-refractivity contribution >= 4 is 47.4 Å². The summed E-state index contributed by atoms with van der Waals surface area (Å²) in [6.07, 6.45) is 15.6. The quantitative estimate of drug-likeness (QED) is 0.0118. The first-order chi connectivity index (χ1) is 31.1. The summed E-state index contributed by atoms with van der Waals surface area (Å²) in [4.78, 5) is 47.8. The monoisotopic (exact) mass is 892 g/mol. The molecule has 0 bridgehead atoms. The SMILES string of the molecule is CCCCCCCCc1cc(NNC=O)ccc1C.CCCCCCCCc1ccc(OC)c(C(=O)Nc2ccc(NNC=O)cc2)c1.O=C(NNc1ccc(COO)cc1)C(F)F. The summed E-state index contributed by atoms with van der Waals surface area (Å²) in [7, 11) is 1.57. The second-order valence-electron chi connectivity index (χ2n) is 14.9. The van der Waals surface area contributed by atoms with Gasteiger partial charge in [-0.3, -0.25) is 57.0 Å². The van der Waals surface area contributed by atoms with Crippen molar-refractivity contribution in [1.29, 1.82) is 0 Å². The van der Waals surface area contributed by atoms with Crippen molar-refractivity contribution in [3.63, 3.8) is 0 Å². The highest BCUT2D eigenvalue weighted by atomic mass is 19.3. The Balaban J connectivity index is 0.000000349. The summed E-state index contributed by atoms with van der Waals surface area (Å²) < 4.78 is 29.0. The molecule has 64 heavy (non-hydrogen) atoms. The number of hydrazine groups is 3. The Kier molecular flexibility index (Phi) is 28.0. The van der Waals surface area contributed by atoms with E-state index >= 15 is 0 Å². The number of amides is 4. The summed E-state index contributed by atoms with van der Waals surface area (Å²) in [6, 6.07) is 25.4. The lowest BCUT2D eigenvalue weighted by atomic mass is 10.0. The van der Waals surface area contributed by atoms with Gasteiger partial charge >= 0.3 is 12.3 Å². The minimum atomic E-state index is -3.06. The lowest BCUT2D eigenvalue weighted by molar-refractivity contribution is -0.253. The summed E-state index contributed by atoms with van der Waals surface area (Å²) in [5.74, 6) is -1.05. The molecule has 0 atom stereocenters. The third kappa shape index (κ3) is 22.7. The minimum absolute atomic E-state index is 0.0314. The van der Waals surface area contributed by atoms with Crippen molar-refractivity contribution in [3.8, 4) is 5.75 Å². The number of unbranched alkanes of at least 4 members (excludes halogenated alkanes) is 10. The molecule has 14 nitrogen and oxygen atoms in total. The number of halogens is 2. The fourth-order valence-electron chi connectivity index (χ4n) is 6.32. The van der Waals surface area contributed by atoms with Crippen LogP contribution in [0.2, 0.25) is 0 Å².